The Morgan fingerprint density at radius 3 is 2.94 bits per heavy atom. The lowest BCUT2D eigenvalue weighted by molar-refractivity contribution is -0.144. The van der Waals surface area contributed by atoms with E-state index >= 15 is 0 Å². The van der Waals surface area contributed by atoms with E-state index < -0.39 is 5.97 Å². The molecule has 1 N–H and O–H groups in total. The number of rotatable bonds is 4. The van der Waals surface area contributed by atoms with Crippen LogP contribution < -0.4 is 5.32 Å². The third-order valence-corrected chi connectivity index (χ3v) is 2.41. The topological polar surface area (TPSA) is 67.9 Å². The zero-order valence-electron chi connectivity index (χ0n) is 9.69. The number of nitrogens with one attached hydrogen (secondary N) is 1. The first-order valence-electron chi connectivity index (χ1n) is 5.36. The van der Waals surface area contributed by atoms with Crippen LogP contribution in [0.3, 0.4) is 0 Å². The van der Waals surface area contributed by atoms with Crippen LogP contribution in [-0.4, -0.2) is 62.8 Å². The van der Waals surface area contributed by atoms with Crippen LogP contribution in [0.15, 0.2) is 0 Å². The number of esters is 1. The number of carbonyl (C=O) groups is 2. The maximum atomic E-state index is 11.7. The molecular formula is C10H18N2O4. The maximum Gasteiger partial charge on any atom is 0.325 e. The fraction of sp³-hybridized carbons (Fsp3) is 0.800. The number of carbonyl (C=O) groups excluding carboxylic acids is 2. The third kappa shape index (κ3) is 3.79. The van der Waals surface area contributed by atoms with Crippen molar-refractivity contribution in [2.24, 2.45) is 0 Å². The van der Waals surface area contributed by atoms with Crippen LogP contribution >= 0.6 is 0 Å². The summed E-state index contributed by atoms with van der Waals surface area (Å²) >= 11 is 0. The summed E-state index contributed by atoms with van der Waals surface area (Å²) in [5.41, 5.74) is 0. The van der Waals surface area contributed by atoms with Gasteiger partial charge in [0.05, 0.1) is 19.8 Å². The van der Waals surface area contributed by atoms with Crippen molar-refractivity contribution in [3.05, 3.63) is 0 Å². The Kier molecular flexibility index (Phi) is 5.21. The van der Waals surface area contributed by atoms with Crippen LogP contribution in [0.1, 0.15) is 6.92 Å². The molecule has 0 spiro atoms. The summed E-state index contributed by atoms with van der Waals surface area (Å²) in [6.45, 7) is 3.68. The lowest BCUT2D eigenvalue weighted by Crippen LogP contribution is -2.52. The summed E-state index contributed by atoms with van der Waals surface area (Å²) in [5.74, 6) is -0.620. The van der Waals surface area contributed by atoms with Gasteiger partial charge in [0.2, 0.25) is 5.91 Å². The smallest absolute Gasteiger partial charge is 0.325 e. The van der Waals surface area contributed by atoms with Gasteiger partial charge >= 0.3 is 5.97 Å². The SMILES string of the molecule is CCOC(=O)CNC(=O)C1COCCN1C. The molecule has 0 bridgehead atoms. The summed E-state index contributed by atoms with van der Waals surface area (Å²) in [7, 11) is 1.86. The monoisotopic (exact) mass is 230 g/mol. The Bertz CT molecular complexity index is 257. The fourth-order valence-electron chi connectivity index (χ4n) is 1.45. The highest BCUT2D eigenvalue weighted by Crippen LogP contribution is 2.03. The van der Waals surface area contributed by atoms with Crippen LogP contribution in [0.25, 0.3) is 0 Å². The molecule has 1 unspecified atom stereocenters. The van der Waals surface area contributed by atoms with Gasteiger partial charge in [-0.2, -0.15) is 0 Å². The molecule has 1 saturated heterocycles. The molecular weight excluding hydrogens is 212 g/mol. The van der Waals surface area contributed by atoms with Crippen molar-refractivity contribution in [1.29, 1.82) is 0 Å². The van der Waals surface area contributed by atoms with E-state index in [0.29, 0.717) is 19.8 Å². The Morgan fingerprint density at radius 2 is 2.31 bits per heavy atom. The summed E-state index contributed by atoms with van der Waals surface area (Å²) < 4.78 is 9.92. The molecule has 1 fully saturated rings. The van der Waals surface area contributed by atoms with Gasteiger partial charge in [0.25, 0.3) is 0 Å². The molecule has 92 valence electrons. The van der Waals surface area contributed by atoms with Gasteiger partial charge in [0.1, 0.15) is 12.6 Å². The molecule has 16 heavy (non-hydrogen) atoms. The molecule has 1 aliphatic rings. The molecule has 0 aliphatic carbocycles. The number of amides is 1. The van der Waals surface area contributed by atoms with Gasteiger partial charge in [-0.1, -0.05) is 0 Å². The third-order valence-electron chi connectivity index (χ3n) is 2.41. The minimum atomic E-state index is -0.421. The molecule has 1 amide bonds. The first-order valence-corrected chi connectivity index (χ1v) is 5.36. The first kappa shape index (κ1) is 12.9. The highest BCUT2D eigenvalue weighted by molar-refractivity contribution is 5.85. The summed E-state index contributed by atoms with van der Waals surface area (Å²) in [6.07, 6.45) is 0. The molecule has 0 aromatic heterocycles. The van der Waals surface area contributed by atoms with Crippen molar-refractivity contribution in [1.82, 2.24) is 10.2 Å². The Morgan fingerprint density at radius 1 is 1.56 bits per heavy atom. The molecule has 1 heterocycles. The minimum Gasteiger partial charge on any atom is -0.465 e. The van der Waals surface area contributed by atoms with Gasteiger partial charge in [0, 0.05) is 6.54 Å². The Labute approximate surface area is 94.9 Å². The predicted molar refractivity (Wildman–Crippen MR) is 56.9 cm³/mol. The second kappa shape index (κ2) is 6.44. The number of morpholine rings is 1. The zero-order valence-corrected chi connectivity index (χ0v) is 9.69. The quantitative estimate of drug-likeness (QED) is 0.627. The molecule has 0 saturated carbocycles. The molecule has 0 aromatic rings. The number of likely N-dealkylation sites (N-methyl/N-ethyl adjacent to an activating group) is 1. The van der Waals surface area contributed by atoms with Crippen molar-refractivity contribution in [2.45, 2.75) is 13.0 Å². The van der Waals surface area contributed by atoms with Crippen LogP contribution in [0.4, 0.5) is 0 Å². The molecule has 1 atom stereocenters. The molecule has 6 nitrogen and oxygen atoms in total. The maximum absolute atomic E-state index is 11.7. The second-order valence-corrected chi connectivity index (χ2v) is 3.59. The summed E-state index contributed by atoms with van der Waals surface area (Å²) in [4.78, 5) is 24.6. The van der Waals surface area contributed by atoms with Gasteiger partial charge in [0.15, 0.2) is 0 Å². The van der Waals surface area contributed by atoms with E-state index in [1.54, 1.807) is 6.92 Å². The minimum absolute atomic E-state index is 0.0863. The molecule has 6 heteroatoms. The lowest BCUT2D eigenvalue weighted by atomic mass is 10.2. The number of nitrogens with zero attached hydrogens (tertiary/aromatic N) is 1. The molecule has 1 aliphatic heterocycles. The average molecular weight is 230 g/mol. The van der Waals surface area contributed by atoms with Crippen molar-refractivity contribution in [3.8, 4) is 0 Å². The van der Waals surface area contributed by atoms with E-state index in [4.69, 9.17) is 9.47 Å². The molecule has 1 rings (SSSR count). The molecule has 0 aromatic carbocycles. The van der Waals surface area contributed by atoms with Crippen LogP contribution in [0, 0.1) is 0 Å². The normalized spacial score (nSPS) is 21.5. The lowest BCUT2D eigenvalue weighted by Gasteiger charge is -2.30. The highest BCUT2D eigenvalue weighted by Gasteiger charge is 2.26. The van der Waals surface area contributed by atoms with Crippen molar-refractivity contribution >= 4 is 11.9 Å². The van der Waals surface area contributed by atoms with Gasteiger partial charge < -0.3 is 14.8 Å². The highest BCUT2D eigenvalue weighted by atomic mass is 16.5. The fourth-order valence-corrected chi connectivity index (χ4v) is 1.45. The summed E-state index contributed by atoms with van der Waals surface area (Å²) in [6, 6.07) is -0.317. The standard InChI is InChI=1S/C10H18N2O4/c1-3-16-9(13)6-11-10(14)8-7-15-5-4-12(8)2/h8H,3-7H2,1-2H3,(H,11,14). The van der Waals surface area contributed by atoms with E-state index in [0.717, 1.165) is 6.54 Å². The van der Waals surface area contributed by atoms with E-state index in [-0.39, 0.29) is 18.5 Å². The second-order valence-electron chi connectivity index (χ2n) is 3.59. The van der Waals surface area contributed by atoms with Crippen molar-refractivity contribution in [3.63, 3.8) is 0 Å². The van der Waals surface area contributed by atoms with Crippen molar-refractivity contribution in [2.75, 3.05) is 40.0 Å². The Hall–Kier alpha value is -1.14. The summed E-state index contributed by atoms with van der Waals surface area (Å²) in [5, 5.41) is 2.53. The largest absolute Gasteiger partial charge is 0.465 e. The van der Waals surface area contributed by atoms with E-state index in [9.17, 15) is 9.59 Å². The van der Waals surface area contributed by atoms with Crippen molar-refractivity contribution < 1.29 is 19.1 Å². The van der Waals surface area contributed by atoms with Crippen LogP contribution in [0.5, 0.6) is 0 Å². The van der Waals surface area contributed by atoms with E-state index in [1.165, 1.54) is 0 Å². The van der Waals surface area contributed by atoms with Gasteiger partial charge in [-0.25, -0.2) is 0 Å². The van der Waals surface area contributed by atoms with Gasteiger partial charge in [-0.05, 0) is 14.0 Å². The van der Waals surface area contributed by atoms with E-state index in [2.05, 4.69) is 5.32 Å². The van der Waals surface area contributed by atoms with Gasteiger partial charge in [-0.3, -0.25) is 14.5 Å². The average Bonchev–Trinajstić information content (AvgIpc) is 2.27. The Balaban J connectivity index is 2.31. The van der Waals surface area contributed by atoms with Gasteiger partial charge in [-0.15, -0.1) is 0 Å². The number of hydrogen-bond donors (Lipinski definition) is 1. The van der Waals surface area contributed by atoms with Crippen LogP contribution in [0.2, 0.25) is 0 Å². The number of hydrogen-bond acceptors (Lipinski definition) is 5. The van der Waals surface area contributed by atoms with E-state index in [1.807, 2.05) is 11.9 Å². The van der Waals surface area contributed by atoms with Crippen LogP contribution in [-0.2, 0) is 19.1 Å². The molecule has 0 radical (unpaired) electrons. The predicted octanol–water partition coefficient (Wildman–Crippen LogP) is -1.00. The zero-order chi connectivity index (χ0) is 12.0. The number of ether oxygens (including phenoxy) is 2. The first-order chi connectivity index (χ1) is 7.65.